The Bertz CT molecular complexity index is 722. The van der Waals surface area contributed by atoms with Crippen LogP contribution in [0.3, 0.4) is 0 Å². The maximum absolute atomic E-state index is 13.5. The summed E-state index contributed by atoms with van der Waals surface area (Å²) in [7, 11) is -4.87. The molecule has 120 valence electrons. The number of hydrogen-bond acceptors (Lipinski definition) is 5. The van der Waals surface area contributed by atoms with Crippen molar-refractivity contribution in [2.45, 2.75) is 25.3 Å². The number of nitrogens with zero attached hydrogens (tertiary/aromatic N) is 4. The van der Waals surface area contributed by atoms with E-state index in [-0.39, 0.29) is 11.3 Å². The van der Waals surface area contributed by atoms with Gasteiger partial charge >= 0.3 is 10.2 Å². The van der Waals surface area contributed by atoms with Crippen molar-refractivity contribution in [1.82, 2.24) is 10.2 Å². The van der Waals surface area contributed by atoms with Crippen LogP contribution < -0.4 is 5.32 Å². The molecule has 1 aromatic carbocycles. The van der Waals surface area contributed by atoms with Crippen LogP contribution in [0.25, 0.3) is 10.4 Å². The van der Waals surface area contributed by atoms with Crippen LogP contribution >= 0.6 is 0 Å². The lowest BCUT2D eigenvalue weighted by atomic mass is 10.0. The van der Waals surface area contributed by atoms with Crippen molar-refractivity contribution in [3.63, 3.8) is 0 Å². The van der Waals surface area contributed by atoms with Crippen LogP contribution in [0.5, 0.6) is 0 Å². The maximum Gasteiger partial charge on any atom is 0.332 e. The summed E-state index contributed by atoms with van der Waals surface area (Å²) in [4.78, 5) is 4.44. The van der Waals surface area contributed by atoms with Gasteiger partial charge in [0.2, 0.25) is 0 Å². The molecule has 1 N–H and O–H groups in total. The zero-order valence-corrected chi connectivity index (χ0v) is 13.3. The Morgan fingerprint density at radius 3 is 2.55 bits per heavy atom. The summed E-state index contributed by atoms with van der Waals surface area (Å²) < 4.78 is 36.2. The van der Waals surface area contributed by atoms with E-state index in [1.807, 2.05) is 0 Å². The smallest absolute Gasteiger partial charge is 0.314 e. The Morgan fingerprint density at radius 1 is 1.36 bits per heavy atom. The minimum atomic E-state index is -4.87. The van der Waals surface area contributed by atoms with E-state index in [0.29, 0.717) is 17.7 Å². The maximum atomic E-state index is 13.5. The summed E-state index contributed by atoms with van der Waals surface area (Å²) in [5.41, 5.74) is 10.3. The number of hydrogen-bond donors (Lipinski definition) is 1. The average Bonchev–Trinajstić information content (AvgIpc) is 2.46. The van der Waals surface area contributed by atoms with Crippen LogP contribution in [0.4, 0.5) is 9.57 Å². The first kappa shape index (κ1) is 16.7. The van der Waals surface area contributed by atoms with Crippen LogP contribution in [0.1, 0.15) is 16.7 Å². The van der Waals surface area contributed by atoms with Crippen molar-refractivity contribution < 1.29 is 12.3 Å². The standard InChI is InChI=1S/C13H18FN5O2S/c1-9-11(8-19-5-3-16-4-6-19)7-12(22(14,20)21)10(2)13(9)17-18-15/h7,16H,3-6,8H2,1-2H3. The molecule has 1 aromatic rings. The molecule has 1 aliphatic heterocycles. The summed E-state index contributed by atoms with van der Waals surface area (Å²) >= 11 is 0. The van der Waals surface area contributed by atoms with Gasteiger partial charge in [0.25, 0.3) is 0 Å². The van der Waals surface area contributed by atoms with E-state index in [0.717, 1.165) is 26.2 Å². The predicted octanol–water partition coefficient (Wildman–Crippen LogP) is 2.31. The molecule has 0 amide bonds. The van der Waals surface area contributed by atoms with Gasteiger partial charge in [-0.15, -0.1) is 3.89 Å². The van der Waals surface area contributed by atoms with Crippen LogP contribution in [0.2, 0.25) is 0 Å². The normalized spacial score (nSPS) is 16.3. The SMILES string of the molecule is Cc1c(CN2CCNCC2)cc(S(=O)(=O)F)c(C)c1N=[N+]=[N-]. The number of rotatable bonds is 4. The molecule has 0 radical (unpaired) electrons. The van der Waals surface area contributed by atoms with Crippen molar-refractivity contribution in [2.24, 2.45) is 5.11 Å². The van der Waals surface area contributed by atoms with Gasteiger partial charge in [-0.05, 0) is 42.1 Å². The lowest BCUT2D eigenvalue weighted by Crippen LogP contribution is -2.43. The molecule has 0 unspecified atom stereocenters. The molecule has 1 fully saturated rings. The third-order valence-electron chi connectivity index (χ3n) is 3.88. The van der Waals surface area contributed by atoms with Gasteiger partial charge in [-0.1, -0.05) is 5.11 Å². The van der Waals surface area contributed by atoms with Crippen molar-refractivity contribution in [1.29, 1.82) is 0 Å². The Labute approximate surface area is 129 Å². The highest BCUT2D eigenvalue weighted by Gasteiger charge is 2.22. The second kappa shape index (κ2) is 6.62. The molecule has 9 heteroatoms. The van der Waals surface area contributed by atoms with Crippen molar-refractivity contribution >= 4 is 15.9 Å². The van der Waals surface area contributed by atoms with Crippen molar-refractivity contribution in [3.05, 3.63) is 33.2 Å². The Kier molecular flexibility index (Phi) is 5.02. The highest BCUT2D eigenvalue weighted by atomic mass is 32.3. The van der Waals surface area contributed by atoms with Gasteiger partial charge in [0.15, 0.2) is 0 Å². The molecule has 2 rings (SSSR count). The lowest BCUT2D eigenvalue weighted by molar-refractivity contribution is 0.232. The van der Waals surface area contributed by atoms with E-state index in [2.05, 4.69) is 20.2 Å². The fraction of sp³-hybridized carbons (Fsp3) is 0.538. The van der Waals surface area contributed by atoms with Crippen LogP contribution in [0.15, 0.2) is 16.1 Å². The molecule has 1 aliphatic rings. The van der Waals surface area contributed by atoms with E-state index < -0.39 is 15.1 Å². The minimum absolute atomic E-state index is 0.141. The van der Waals surface area contributed by atoms with Gasteiger partial charge in [0.1, 0.15) is 4.90 Å². The number of halogens is 1. The van der Waals surface area contributed by atoms with E-state index >= 15 is 0 Å². The molecule has 1 heterocycles. The van der Waals surface area contributed by atoms with E-state index in [1.165, 1.54) is 13.0 Å². The minimum Gasteiger partial charge on any atom is -0.314 e. The highest BCUT2D eigenvalue weighted by Crippen LogP contribution is 2.34. The van der Waals surface area contributed by atoms with Crippen LogP contribution in [0, 0.1) is 13.8 Å². The topological polar surface area (TPSA) is 98.2 Å². The molecule has 0 spiro atoms. The Morgan fingerprint density at radius 2 is 2.00 bits per heavy atom. The van der Waals surface area contributed by atoms with Gasteiger partial charge in [-0.2, -0.15) is 8.42 Å². The average molecular weight is 327 g/mol. The summed E-state index contributed by atoms with van der Waals surface area (Å²) in [6.07, 6.45) is 0. The monoisotopic (exact) mass is 327 g/mol. The second-order valence-corrected chi connectivity index (χ2v) is 6.60. The van der Waals surface area contributed by atoms with E-state index in [1.54, 1.807) is 6.92 Å². The quantitative estimate of drug-likeness (QED) is 0.397. The summed E-state index contributed by atoms with van der Waals surface area (Å²) in [6.45, 7) is 7.03. The number of benzene rings is 1. The third-order valence-corrected chi connectivity index (χ3v) is 4.83. The Balaban J connectivity index is 2.52. The molecule has 0 atom stereocenters. The molecule has 0 saturated carbocycles. The van der Waals surface area contributed by atoms with E-state index in [9.17, 15) is 12.3 Å². The molecule has 7 nitrogen and oxygen atoms in total. The second-order valence-electron chi connectivity index (χ2n) is 5.29. The highest BCUT2D eigenvalue weighted by molar-refractivity contribution is 7.86. The molecule has 22 heavy (non-hydrogen) atoms. The molecule has 1 saturated heterocycles. The largest absolute Gasteiger partial charge is 0.332 e. The summed E-state index contributed by atoms with van der Waals surface area (Å²) in [6, 6.07) is 1.35. The summed E-state index contributed by atoms with van der Waals surface area (Å²) in [5, 5.41) is 6.78. The van der Waals surface area contributed by atoms with Gasteiger partial charge in [0, 0.05) is 43.3 Å². The summed E-state index contributed by atoms with van der Waals surface area (Å²) in [5.74, 6) is 0. The van der Waals surface area contributed by atoms with Crippen molar-refractivity contribution in [2.75, 3.05) is 26.2 Å². The third kappa shape index (κ3) is 3.56. The number of azide groups is 1. The predicted molar refractivity (Wildman–Crippen MR) is 81.2 cm³/mol. The zero-order chi connectivity index (χ0) is 16.3. The molecule has 0 aliphatic carbocycles. The molecule has 0 bridgehead atoms. The molecular weight excluding hydrogens is 309 g/mol. The zero-order valence-electron chi connectivity index (χ0n) is 12.5. The van der Waals surface area contributed by atoms with Gasteiger partial charge in [-0.25, -0.2) is 0 Å². The first-order valence-corrected chi connectivity index (χ1v) is 8.29. The van der Waals surface area contributed by atoms with Crippen molar-refractivity contribution in [3.8, 4) is 0 Å². The van der Waals surface area contributed by atoms with Gasteiger partial charge in [-0.3, -0.25) is 4.90 Å². The molecule has 0 aromatic heterocycles. The molecular formula is C13H18FN5O2S. The van der Waals surface area contributed by atoms with Gasteiger partial charge < -0.3 is 5.32 Å². The fourth-order valence-electron chi connectivity index (χ4n) is 2.65. The first-order chi connectivity index (χ1) is 10.3. The Hall–Kier alpha value is -1.67. The van der Waals surface area contributed by atoms with Crippen LogP contribution in [-0.4, -0.2) is 39.5 Å². The fourth-order valence-corrected chi connectivity index (χ4v) is 3.39. The number of piperazine rings is 1. The van der Waals surface area contributed by atoms with Gasteiger partial charge in [0.05, 0.1) is 0 Å². The lowest BCUT2D eigenvalue weighted by Gasteiger charge is -2.28. The van der Waals surface area contributed by atoms with E-state index in [4.69, 9.17) is 5.53 Å². The first-order valence-electron chi connectivity index (χ1n) is 6.90. The number of nitrogens with one attached hydrogen (secondary N) is 1. The van der Waals surface area contributed by atoms with Crippen LogP contribution in [-0.2, 0) is 16.8 Å².